The number of nitrogens with zero attached hydrogens (tertiary/aromatic N) is 2. The molecule has 0 radical (unpaired) electrons. The van der Waals surface area contributed by atoms with Crippen molar-refractivity contribution in [3.05, 3.63) is 34.9 Å². The molecule has 1 saturated heterocycles. The monoisotopic (exact) mass is 358 g/mol. The Morgan fingerprint density at radius 3 is 2.48 bits per heavy atom. The molecule has 1 aliphatic rings. The smallest absolute Gasteiger partial charge is 0.338 e. The number of likely N-dealkylation sites (N-methyl/N-ethyl adjacent to an activating group) is 1. The van der Waals surface area contributed by atoms with Crippen LogP contribution in [0.2, 0.25) is 19.6 Å². The molecule has 4 nitrogen and oxygen atoms in total. The summed E-state index contributed by atoms with van der Waals surface area (Å²) in [5.41, 5.74) is 6.18. The van der Waals surface area contributed by atoms with Crippen molar-refractivity contribution < 1.29 is 9.53 Å². The maximum atomic E-state index is 12.1. The van der Waals surface area contributed by atoms with Gasteiger partial charge in [-0.2, -0.15) is 0 Å². The summed E-state index contributed by atoms with van der Waals surface area (Å²) in [7, 11) is 0.681. The van der Waals surface area contributed by atoms with Gasteiger partial charge in [0.25, 0.3) is 0 Å². The van der Waals surface area contributed by atoms with Crippen molar-refractivity contribution in [2.75, 3.05) is 39.8 Å². The van der Waals surface area contributed by atoms with Crippen molar-refractivity contribution in [2.24, 2.45) is 0 Å². The zero-order chi connectivity index (χ0) is 18.4. The van der Waals surface area contributed by atoms with Gasteiger partial charge in [0.2, 0.25) is 0 Å². The highest BCUT2D eigenvalue weighted by molar-refractivity contribution is 6.83. The van der Waals surface area contributed by atoms with E-state index in [0.717, 1.165) is 38.3 Å². The first-order chi connectivity index (χ1) is 11.8. The Morgan fingerprint density at radius 2 is 1.88 bits per heavy atom. The van der Waals surface area contributed by atoms with Gasteiger partial charge >= 0.3 is 5.97 Å². The second kappa shape index (κ2) is 8.66. The standard InChI is InChI=1S/C20H30N2O2Si/c1-6-24-20(23)18-7-8-19(16-22-12-10-21(2)11-13-22)17(15-18)9-14-25(3,4)5/h7-8,15H,6,10-13,16H2,1-5H3. The number of piperazine rings is 1. The van der Waals surface area contributed by atoms with Gasteiger partial charge in [0.15, 0.2) is 0 Å². The van der Waals surface area contributed by atoms with Gasteiger partial charge in [-0.05, 0) is 31.7 Å². The first-order valence-electron chi connectivity index (χ1n) is 9.02. The van der Waals surface area contributed by atoms with Gasteiger partial charge in [-0.15, -0.1) is 5.54 Å². The van der Waals surface area contributed by atoms with Crippen molar-refractivity contribution in [3.8, 4) is 11.5 Å². The Bertz CT molecular complexity index is 662. The largest absolute Gasteiger partial charge is 0.462 e. The average Bonchev–Trinajstić information content (AvgIpc) is 2.55. The number of carbonyl (C=O) groups excluding carboxylic acids is 1. The Morgan fingerprint density at radius 1 is 1.20 bits per heavy atom. The van der Waals surface area contributed by atoms with Gasteiger partial charge in [0, 0.05) is 38.3 Å². The molecule has 0 atom stereocenters. The molecule has 0 amide bonds. The molecule has 1 aromatic carbocycles. The molecule has 1 heterocycles. The molecule has 1 aliphatic heterocycles. The molecule has 25 heavy (non-hydrogen) atoms. The quantitative estimate of drug-likeness (QED) is 0.471. The zero-order valence-electron chi connectivity index (χ0n) is 16.2. The van der Waals surface area contributed by atoms with E-state index in [0.29, 0.717) is 12.2 Å². The van der Waals surface area contributed by atoms with Gasteiger partial charge in [0.1, 0.15) is 8.07 Å². The van der Waals surface area contributed by atoms with Crippen LogP contribution in [0.15, 0.2) is 18.2 Å². The number of hydrogen-bond acceptors (Lipinski definition) is 4. The first-order valence-corrected chi connectivity index (χ1v) is 12.5. The fourth-order valence-electron chi connectivity index (χ4n) is 2.67. The molecule has 136 valence electrons. The lowest BCUT2D eigenvalue weighted by Gasteiger charge is -2.32. The van der Waals surface area contributed by atoms with Crippen LogP contribution in [0.5, 0.6) is 0 Å². The highest BCUT2D eigenvalue weighted by Gasteiger charge is 2.17. The second-order valence-electron chi connectivity index (χ2n) is 7.67. The maximum Gasteiger partial charge on any atom is 0.338 e. The summed E-state index contributed by atoms with van der Waals surface area (Å²) in [5, 5.41) is 0. The molecule has 0 N–H and O–H groups in total. The van der Waals surface area contributed by atoms with Gasteiger partial charge < -0.3 is 9.64 Å². The summed E-state index contributed by atoms with van der Waals surface area (Å²) in [6.45, 7) is 14.1. The molecular formula is C20H30N2O2Si. The molecule has 0 aromatic heterocycles. The van der Waals surface area contributed by atoms with Crippen molar-refractivity contribution in [2.45, 2.75) is 33.1 Å². The predicted molar refractivity (Wildman–Crippen MR) is 105 cm³/mol. The third-order valence-corrected chi connectivity index (χ3v) is 5.06. The lowest BCUT2D eigenvalue weighted by molar-refractivity contribution is 0.0526. The Labute approximate surface area is 153 Å². The number of benzene rings is 1. The van der Waals surface area contributed by atoms with E-state index in [2.05, 4.69) is 48.0 Å². The van der Waals surface area contributed by atoms with Gasteiger partial charge in [-0.3, -0.25) is 4.90 Å². The van der Waals surface area contributed by atoms with Gasteiger partial charge in [-0.25, -0.2) is 4.79 Å². The number of hydrogen-bond donors (Lipinski definition) is 0. The molecule has 5 heteroatoms. The summed E-state index contributed by atoms with van der Waals surface area (Å²) in [5.74, 6) is 3.08. The molecule has 0 spiro atoms. The maximum absolute atomic E-state index is 12.1. The van der Waals surface area contributed by atoms with Crippen LogP contribution in [0.1, 0.15) is 28.4 Å². The van der Waals surface area contributed by atoms with Crippen molar-refractivity contribution in [1.82, 2.24) is 9.80 Å². The number of rotatable bonds is 4. The van der Waals surface area contributed by atoms with Crippen LogP contribution in [0.4, 0.5) is 0 Å². The van der Waals surface area contributed by atoms with E-state index in [1.807, 2.05) is 25.1 Å². The topological polar surface area (TPSA) is 32.8 Å². The third kappa shape index (κ3) is 6.31. The van der Waals surface area contributed by atoms with E-state index >= 15 is 0 Å². The van der Waals surface area contributed by atoms with Gasteiger partial charge in [0.05, 0.1) is 12.2 Å². The second-order valence-corrected chi connectivity index (χ2v) is 12.4. The predicted octanol–water partition coefficient (Wildman–Crippen LogP) is 2.84. The van der Waals surface area contributed by atoms with E-state index in [4.69, 9.17) is 4.74 Å². The third-order valence-electron chi connectivity index (χ3n) is 4.18. The molecule has 0 unspecified atom stereocenters. The average molecular weight is 359 g/mol. The number of esters is 1. The fraction of sp³-hybridized carbons (Fsp3) is 0.550. The lowest BCUT2D eigenvalue weighted by Crippen LogP contribution is -2.44. The minimum atomic E-state index is -1.48. The first kappa shape index (κ1) is 19.7. The molecule has 0 bridgehead atoms. The summed E-state index contributed by atoms with van der Waals surface area (Å²) in [6, 6.07) is 5.80. The van der Waals surface area contributed by atoms with Crippen LogP contribution in [-0.4, -0.2) is 63.7 Å². The van der Waals surface area contributed by atoms with Crippen LogP contribution in [-0.2, 0) is 11.3 Å². The Hall–Kier alpha value is -1.61. The minimum absolute atomic E-state index is 0.273. The van der Waals surface area contributed by atoms with Crippen molar-refractivity contribution in [3.63, 3.8) is 0 Å². The van der Waals surface area contributed by atoms with Crippen LogP contribution in [0.25, 0.3) is 0 Å². The van der Waals surface area contributed by atoms with E-state index in [-0.39, 0.29) is 5.97 Å². The summed E-state index contributed by atoms with van der Waals surface area (Å²) in [4.78, 5) is 16.9. The Balaban J connectivity index is 2.27. The zero-order valence-corrected chi connectivity index (χ0v) is 17.2. The van der Waals surface area contributed by atoms with E-state index in [1.54, 1.807) is 0 Å². The minimum Gasteiger partial charge on any atom is -0.462 e. The summed E-state index contributed by atoms with van der Waals surface area (Å²) >= 11 is 0. The van der Waals surface area contributed by atoms with E-state index < -0.39 is 8.07 Å². The molecule has 1 aromatic rings. The molecule has 0 aliphatic carbocycles. The van der Waals surface area contributed by atoms with Gasteiger partial charge in [-0.1, -0.05) is 31.6 Å². The lowest BCUT2D eigenvalue weighted by atomic mass is 10.0. The highest BCUT2D eigenvalue weighted by atomic mass is 28.3. The Kier molecular flexibility index (Phi) is 6.83. The molecule has 0 saturated carbocycles. The van der Waals surface area contributed by atoms with E-state index in [1.165, 1.54) is 5.56 Å². The molecular weight excluding hydrogens is 328 g/mol. The highest BCUT2D eigenvalue weighted by Crippen LogP contribution is 2.16. The molecule has 1 fully saturated rings. The normalized spacial score (nSPS) is 16.2. The van der Waals surface area contributed by atoms with Crippen molar-refractivity contribution >= 4 is 14.0 Å². The fourth-order valence-corrected chi connectivity index (χ4v) is 3.18. The van der Waals surface area contributed by atoms with E-state index in [9.17, 15) is 4.79 Å². The summed E-state index contributed by atoms with van der Waals surface area (Å²) in [6.07, 6.45) is 0. The molecule has 2 rings (SSSR count). The number of carbonyl (C=O) groups is 1. The summed E-state index contributed by atoms with van der Waals surface area (Å²) < 4.78 is 5.14. The van der Waals surface area contributed by atoms with Crippen LogP contribution < -0.4 is 0 Å². The van der Waals surface area contributed by atoms with Crippen LogP contribution in [0.3, 0.4) is 0 Å². The number of ether oxygens (including phenoxy) is 1. The SMILES string of the molecule is CCOC(=O)c1ccc(CN2CCN(C)CC2)c(C#C[Si](C)(C)C)c1. The van der Waals surface area contributed by atoms with Crippen LogP contribution >= 0.6 is 0 Å². The van der Waals surface area contributed by atoms with Crippen molar-refractivity contribution in [1.29, 1.82) is 0 Å². The van der Waals surface area contributed by atoms with Crippen LogP contribution in [0, 0.1) is 11.5 Å².